The SMILES string of the molecule is COc1cccc(OC)c1C(=O)NCC(=O)Nc1cccc(Cl)c1. The number of rotatable bonds is 6. The van der Waals surface area contributed by atoms with E-state index in [-0.39, 0.29) is 18.0 Å². The van der Waals surface area contributed by atoms with Crippen LogP contribution in [0.5, 0.6) is 11.5 Å². The van der Waals surface area contributed by atoms with E-state index in [1.165, 1.54) is 14.2 Å². The fraction of sp³-hybridized carbons (Fsp3) is 0.176. The Bertz CT molecular complexity index is 727. The van der Waals surface area contributed by atoms with Gasteiger partial charge in [-0.1, -0.05) is 23.7 Å². The largest absolute Gasteiger partial charge is 0.496 e. The lowest BCUT2D eigenvalue weighted by atomic mass is 10.1. The van der Waals surface area contributed by atoms with E-state index in [2.05, 4.69) is 10.6 Å². The van der Waals surface area contributed by atoms with Crippen LogP contribution in [0.15, 0.2) is 42.5 Å². The number of benzene rings is 2. The quantitative estimate of drug-likeness (QED) is 0.841. The third-order valence-electron chi connectivity index (χ3n) is 3.17. The van der Waals surface area contributed by atoms with Crippen molar-refractivity contribution in [2.75, 3.05) is 26.1 Å². The van der Waals surface area contributed by atoms with Crippen LogP contribution in [-0.2, 0) is 4.79 Å². The maximum absolute atomic E-state index is 12.3. The molecule has 0 aliphatic rings. The van der Waals surface area contributed by atoms with Crippen molar-refractivity contribution in [3.63, 3.8) is 0 Å². The Hall–Kier alpha value is -2.73. The van der Waals surface area contributed by atoms with Crippen molar-refractivity contribution in [3.05, 3.63) is 53.1 Å². The van der Waals surface area contributed by atoms with Crippen molar-refractivity contribution in [2.24, 2.45) is 0 Å². The molecule has 0 radical (unpaired) electrons. The number of halogens is 1. The molecule has 6 nitrogen and oxygen atoms in total. The van der Waals surface area contributed by atoms with Gasteiger partial charge in [0.2, 0.25) is 5.91 Å². The van der Waals surface area contributed by atoms with Crippen LogP contribution >= 0.6 is 11.6 Å². The van der Waals surface area contributed by atoms with E-state index in [4.69, 9.17) is 21.1 Å². The van der Waals surface area contributed by atoms with E-state index in [1.54, 1.807) is 42.5 Å². The van der Waals surface area contributed by atoms with Crippen LogP contribution in [-0.4, -0.2) is 32.6 Å². The summed E-state index contributed by atoms with van der Waals surface area (Å²) in [5.41, 5.74) is 0.787. The molecule has 0 spiro atoms. The van der Waals surface area contributed by atoms with Crippen LogP contribution in [0.25, 0.3) is 0 Å². The van der Waals surface area contributed by atoms with E-state index >= 15 is 0 Å². The molecule has 0 saturated carbocycles. The van der Waals surface area contributed by atoms with Crippen molar-refractivity contribution < 1.29 is 19.1 Å². The molecule has 126 valence electrons. The Balaban J connectivity index is 2.02. The van der Waals surface area contributed by atoms with E-state index in [9.17, 15) is 9.59 Å². The van der Waals surface area contributed by atoms with E-state index < -0.39 is 5.91 Å². The summed E-state index contributed by atoms with van der Waals surface area (Å²) < 4.78 is 10.3. The van der Waals surface area contributed by atoms with Gasteiger partial charge in [0, 0.05) is 10.7 Å². The summed E-state index contributed by atoms with van der Waals surface area (Å²) >= 11 is 5.85. The van der Waals surface area contributed by atoms with Gasteiger partial charge in [0.05, 0.1) is 20.8 Å². The molecule has 24 heavy (non-hydrogen) atoms. The maximum Gasteiger partial charge on any atom is 0.259 e. The predicted octanol–water partition coefficient (Wildman–Crippen LogP) is 2.73. The van der Waals surface area contributed by atoms with Gasteiger partial charge >= 0.3 is 0 Å². The Morgan fingerprint density at radius 1 is 1.04 bits per heavy atom. The zero-order valence-electron chi connectivity index (χ0n) is 13.3. The average Bonchev–Trinajstić information content (AvgIpc) is 2.58. The van der Waals surface area contributed by atoms with Crippen molar-refractivity contribution in [2.45, 2.75) is 0 Å². The minimum Gasteiger partial charge on any atom is -0.496 e. The van der Waals surface area contributed by atoms with Crippen LogP contribution in [0.1, 0.15) is 10.4 Å². The Kier molecular flexibility index (Phi) is 6.03. The molecule has 2 amide bonds. The van der Waals surface area contributed by atoms with Crippen LogP contribution in [0.3, 0.4) is 0 Å². The standard InChI is InChI=1S/C17H17ClN2O4/c1-23-13-7-4-8-14(24-2)16(13)17(22)19-10-15(21)20-12-6-3-5-11(18)9-12/h3-9H,10H2,1-2H3,(H,19,22)(H,20,21). The summed E-state index contributed by atoms with van der Waals surface area (Å²) in [7, 11) is 2.91. The highest BCUT2D eigenvalue weighted by molar-refractivity contribution is 6.30. The summed E-state index contributed by atoms with van der Waals surface area (Å²) in [6.07, 6.45) is 0. The lowest BCUT2D eigenvalue weighted by Crippen LogP contribution is -2.33. The lowest BCUT2D eigenvalue weighted by Gasteiger charge is -2.13. The number of carbonyl (C=O) groups excluding carboxylic acids is 2. The molecule has 0 aliphatic heterocycles. The number of nitrogens with one attached hydrogen (secondary N) is 2. The molecule has 2 aromatic carbocycles. The van der Waals surface area contributed by atoms with Crippen molar-refractivity contribution in [1.82, 2.24) is 5.32 Å². The van der Waals surface area contributed by atoms with Gasteiger partial charge in [0.1, 0.15) is 17.1 Å². The Labute approximate surface area is 144 Å². The summed E-state index contributed by atoms with van der Waals surface area (Å²) in [6.45, 7) is -0.202. The van der Waals surface area contributed by atoms with Crippen molar-refractivity contribution >= 4 is 29.1 Å². The smallest absolute Gasteiger partial charge is 0.259 e. The molecule has 0 aromatic heterocycles. The number of anilines is 1. The number of hydrogen-bond acceptors (Lipinski definition) is 4. The number of hydrogen-bond donors (Lipinski definition) is 2. The molecule has 0 aliphatic carbocycles. The van der Waals surface area contributed by atoms with Gasteiger partial charge in [-0.15, -0.1) is 0 Å². The molecule has 0 heterocycles. The second kappa shape index (κ2) is 8.21. The molecular weight excluding hydrogens is 332 g/mol. The third kappa shape index (κ3) is 4.39. The first-order chi connectivity index (χ1) is 11.5. The Morgan fingerprint density at radius 3 is 2.25 bits per heavy atom. The van der Waals surface area contributed by atoms with Gasteiger partial charge < -0.3 is 20.1 Å². The first-order valence-corrected chi connectivity index (χ1v) is 7.47. The molecule has 2 rings (SSSR count). The molecule has 0 unspecified atom stereocenters. The minimum atomic E-state index is -0.467. The highest BCUT2D eigenvalue weighted by Gasteiger charge is 2.18. The maximum atomic E-state index is 12.3. The average molecular weight is 349 g/mol. The first-order valence-electron chi connectivity index (χ1n) is 7.09. The second-order valence-corrected chi connectivity index (χ2v) is 5.22. The number of carbonyl (C=O) groups is 2. The zero-order chi connectivity index (χ0) is 17.5. The van der Waals surface area contributed by atoms with Gasteiger partial charge in [0.15, 0.2) is 0 Å². The molecule has 7 heteroatoms. The topological polar surface area (TPSA) is 76.7 Å². The molecule has 2 aromatic rings. The highest BCUT2D eigenvalue weighted by Crippen LogP contribution is 2.27. The van der Waals surface area contributed by atoms with E-state index in [0.717, 1.165) is 0 Å². The van der Waals surface area contributed by atoms with Crippen LogP contribution < -0.4 is 20.1 Å². The van der Waals surface area contributed by atoms with Crippen LogP contribution in [0, 0.1) is 0 Å². The molecular formula is C17H17ClN2O4. The van der Waals surface area contributed by atoms with Crippen molar-refractivity contribution in [3.8, 4) is 11.5 Å². The molecule has 0 saturated heterocycles. The van der Waals surface area contributed by atoms with E-state index in [0.29, 0.717) is 22.2 Å². The number of amides is 2. The Morgan fingerprint density at radius 2 is 1.67 bits per heavy atom. The first kappa shape index (κ1) is 17.6. The minimum absolute atomic E-state index is 0.202. The monoisotopic (exact) mass is 348 g/mol. The van der Waals surface area contributed by atoms with Crippen molar-refractivity contribution in [1.29, 1.82) is 0 Å². The zero-order valence-corrected chi connectivity index (χ0v) is 14.0. The fourth-order valence-corrected chi connectivity index (χ4v) is 2.29. The number of methoxy groups -OCH3 is 2. The van der Waals surface area contributed by atoms with Gasteiger partial charge in [0.25, 0.3) is 5.91 Å². The molecule has 0 atom stereocenters. The summed E-state index contributed by atoms with van der Waals surface area (Å²) in [5, 5.41) is 5.70. The predicted molar refractivity (Wildman–Crippen MR) is 92.0 cm³/mol. The molecule has 0 fully saturated rings. The molecule has 0 bridgehead atoms. The van der Waals surface area contributed by atoms with Gasteiger partial charge in [-0.2, -0.15) is 0 Å². The summed E-state index contributed by atoms with van der Waals surface area (Å²) in [5.74, 6) is -0.116. The van der Waals surface area contributed by atoms with Crippen LogP contribution in [0.4, 0.5) is 5.69 Å². The lowest BCUT2D eigenvalue weighted by molar-refractivity contribution is -0.115. The van der Waals surface area contributed by atoms with Gasteiger partial charge in [-0.3, -0.25) is 9.59 Å². The summed E-state index contributed by atoms with van der Waals surface area (Å²) in [6, 6.07) is 11.7. The van der Waals surface area contributed by atoms with Crippen LogP contribution in [0.2, 0.25) is 5.02 Å². The fourth-order valence-electron chi connectivity index (χ4n) is 2.10. The van der Waals surface area contributed by atoms with Gasteiger partial charge in [-0.25, -0.2) is 0 Å². The number of ether oxygens (including phenoxy) is 2. The molecule has 2 N–H and O–H groups in total. The second-order valence-electron chi connectivity index (χ2n) is 4.78. The van der Waals surface area contributed by atoms with E-state index in [1.807, 2.05) is 0 Å². The normalized spacial score (nSPS) is 9.96. The van der Waals surface area contributed by atoms with Gasteiger partial charge in [-0.05, 0) is 30.3 Å². The summed E-state index contributed by atoms with van der Waals surface area (Å²) in [4.78, 5) is 24.3. The highest BCUT2D eigenvalue weighted by atomic mass is 35.5. The third-order valence-corrected chi connectivity index (χ3v) is 3.41.